The van der Waals surface area contributed by atoms with Gasteiger partial charge in [-0.25, -0.2) is 8.78 Å². The molecule has 4 aromatic rings. The molecule has 2 aromatic carbocycles. The monoisotopic (exact) mass is 474 g/mol. The highest BCUT2D eigenvalue weighted by Crippen LogP contribution is 2.29. The molecule has 0 spiro atoms. The standard InChI is InChI=1S/C26H20F2N4O3/c1-15-3-5-16(6-4-15)17-7-9-30-22(11-17)26(34)32-24-20(27)12-19(13-21(24)28)35-18-8-10-31-23(14-18)25(33)29-2/h3-14H,1-2H3,(H,29,33)(H,32,34). The number of nitrogens with one attached hydrogen (secondary N) is 2. The zero-order valence-electron chi connectivity index (χ0n) is 18.8. The second-order valence-corrected chi connectivity index (χ2v) is 7.57. The summed E-state index contributed by atoms with van der Waals surface area (Å²) >= 11 is 0. The quantitative estimate of drug-likeness (QED) is 0.404. The number of rotatable bonds is 6. The maximum absolute atomic E-state index is 14.7. The number of hydrogen-bond acceptors (Lipinski definition) is 5. The van der Waals surface area contributed by atoms with E-state index >= 15 is 0 Å². The van der Waals surface area contributed by atoms with Gasteiger partial charge in [0.2, 0.25) is 0 Å². The molecular weight excluding hydrogens is 454 g/mol. The minimum Gasteiger partial charge on any atom is -0.457 e. The summed E-state index contributed by atoms with van der Waals surface area (Å²) in [4.78, 5) is 32.3. The molecule has 0 saturated carbocycles. The van der Waals surface area contributed by atoms with Crippen LogP contribution < -0.4 is 15.4 Å². The van der Waals surface area contributed by atoms with Crippen molar-refractivity contribution in [1.29, 1.82) is 0 Å². The molecule has 0 saturated heterocycles. The van der Waals surface area contributed by atoms with Gasteiger partial charge >= 0.3 is 0 Å². The first-order valence-electron chi connectivity index (χ1n) is 10.5. The Labute approximate surface area is 199 Å². The Morgan fingerprint density at radius 3 is 2.06 bits per heavy atom. The van der Waals surface area contributed by atoms with E-state index in [1.807, 2.05) is 31.2 Å². The zero-order valence-corrected chi connectivity index (χ0v) is 18.8. The van der Waals surface area contributed by atoms with Crippen LogP contribution in [0.5, 0.6) is 11.5 Å². The van der Waals surface area contributed by atoms with Gasteiger partial charge in [0.1, 0.15) is 28.6 Å². The summed E-state index contributed by atoms with van der Waals surface area (Å²) < 4.78 is 34.9. The van der Waals surface area contributed by atoms with Crippen LogP contribution in [0.3, 0.4) is 0 Å². The molecule has 2 heterocycles. The Morgan fingerprint density at radius 1 is 0.771 bits per heavy atom. The van der Waals surface area contributed by atoms with Gasteiger partial charge in [0, 0.05) is 37.6 Å². The average molecular weight is 474 g/mol. The Kier molecular flexibility index (Phi) is 6.77. The lowest BCUT2D eigenvalue weighted by Gasteiger charge is -2.11. The molecule has 0 aliphatic carbocycles. The van der Waals surface area contributed by atoms with Gasteiger partial charge in [-0.3, -0.25) is 19.6 Å². The predicted octanol–water partition coefficient (Wildman–Crippen LogP) is 5.13. The van der Waals surface area contributed by atoms with Crippen molar-refractivity contribution < 1.29 is 23.1 Å². The minimum absolute atomic E-state index is 0.000664. The summed E-state index contributed by atoms with van der Waals surface area (Å²) in [5.41, 5.74) is 2.15. The van der Waals surface area contributed by atoms with E-state index in [-0.39, 0.29) is 22.9 Å². The van der Waals surface area contributed by atoms with Crippen LogP contribution in [0.4, 0.5) is 14.5 Å². The molecule has 9 heteroatoms. The fraction of sp³-hybridized carbons (Fsp3) is 0.0769. The molecule has 2 amide bonds. The Hall–Kier alpha value is -4.66. The number of hydrogen-bond donors (Lipinski definition) is 2. The molecule has 35 heavy (non-hydrogen) atoms. The molecule has 0 bridgehead atoms. The molecule has 0 atom stereocenters. The van der Waals surface area contributed by atoms with Crippen molar-refractivity contribution in [3.8, 4) is 22.6 Å². The van der Waals surface area contributed by atoms with Crippen LogP contribution in [0, 0.1) is 18.6 Å². The SMILES string of the molecule is CNC(=O)c1cc(Oc2cc(F)c(NC(=O)c3cc(-c4ccc(C)cc4)ccn3)c(F)c2)ccn1. The molecule has 0 radical (unpaired) electrons. The molecule has 2 aromatic heterocycles. The first kappa shape index (κ1) is 23.5. The van der Waals surface area contributed by atoms with Crippen LogP contribution in [0.15, 0.2) is 73.1 Å². The van der Waals surface area contributed by atoms with Crippen molar-refractivity contribution in [1.82, 2.24) is 15.3 Å². The lowest BCUT2D eigenvalue weighted by atomic mass is 10.0. The van der Waals surface area contributed by atoms with E-state index in [0.717, 1.165) is 28.8 Å². The van der Waals surface area contributed by atoms with E-state index in [1.54, 1.807) is 12.1 Å². The topological polar surface area (TPSA) is 93.2 Å². The highest BCUT2D eigenvalue weighted by molar-refractivity contribution is 6.03. The van der Waals surface area contributed by atoms with Gasteiger partial charge in [0.25, 0.3) is 11.8 Å². The van der Waals surface area contributed by atoms with Gasteiger partial charge in [-0.1, -0.05) is 29.8 Å². The Morgan fingerprint density at radius 2 is 1.40 bits per heavy atom. The Bertz CT molecular complexity index is 1390. The van der Waals surface area contributed by atoms with E-state index in [0.29, 0.717) is 0 Å². The predicted molar refractivity (Wildman–Crippen MR) is 126 cm³/mol. The molecule has 0 aliphatic rings. The molecule has 7 nitrogen and oxygen atoms in total. The lowest BCUT2D eigenvalue weighted by Crippen LogP contribution is -2.19. The lowest BCUT2D eigenvalue weighted by molar-refractivity contribution is 0.0957. The van der Waals surface area contributed by atoms with Crippen molar-refractivity contribution in [2.75, 3.05) is 12.4 Å². The van der Waals surface area contributed by atoms with Crippen molar-refractivity contribution >= 4 is 17.5 Å². The highest BCUT2D eigenvalue weighted by atomic mass is 19.1. The van der Waals surface area contributed by atoms with Crippen molar-refractivity contribution in [3.05, 3.63) is 102 Å². The first-order chi connectivity index (χ1) is 16.8. The van der Waals surface area contributed by atoms with Crippen LogP contribution in [-0.2, 0) is 0 Å². The number of anilines is 1. The van der Waals surface area contributed by atoms with Gasteiger partial charge < -0.3 is 15.4 Å². The number of halogens is 2. The maximum atomic E-state index is 14.7. The van der Waals surface area contributed by atoms with E-state index in [9.17, 15) is 18.4 Å². The number of carbonyl (C=O) groups is 2. The largest absolute Gasteiger partial charge is 0.457 e. The zero-order chi connectivity index (χ0) is 24.9. The fourth-order valence-electron chi connectivity index (χ4n) is 3.25. The van der Waals surface area contributed by atoms with Crippen molar-refractivity contribution in [2.45, 2.75) is 6.92 Å². The number of ether oxygens (including phenoxy) is 1. The third kappa shape index (κ3) is 5.47. The van der Waals surface area contributed by atoms with E-state index in [1.165, 1.54) is 31.6 Å². The van der Waals surface area contributed by atoms with E-state index in [4.69, 9.17) is 4.74 Å². The molecular formula is C26H20F2N4O3. The van der Waals surface area contributed by atoms with E-state index in [2.05, 4.69) is 20.6 Å². The third-order valence-corrected chi connectivity index (χ3v) is 5.06. The van der Waals surface area contributed by atoms with Crippen LogP contribution in [0.1, 0.15) is 26.5 Å². The minimum atomic E-state index is -1.04. The smallest absolute Gasteiger partial charge is 0.274 e. The van der Waals surface area contributed by atoms with Crippen LogP contribution >= 0.6 is 0 Å². The van der Waals surface area contributed by atoms with Gasteiger partial charge in [0.15, 0.2) is 11.6 Å². The van der Waals surface area contributed by atoms with Crippen molar-refractivity contribution in [2.24, 2.45) is 0 Å². The third-order valence-electron chi connectivity index (χ3n) is 5.06. The summed E-state index contributed by atoms with van der Waals surface area (Å²) in [6, 6.07) is 15.6. The molecule has 0 aliphatic heterocycles. The summed E-state index contributed by atoms with van der Waals surface area (Å²) in [6.45, 7) is 1.97. The number of carbonyl (C=O) groups excluding carboxylic acids is 2. The maximum Gasteiger partial charge on any atom is 0.274 e. The van der Waals surface area contributed by atoms with E-state index < -0.39 is 29.1 Å². The van der Waals surface area contributed by atoms with Crippen LogP contribution in [0.25, 0.3) is 11.1 Å². The Balaban J connectivity index is 1.53. The molecule has 2 N–H and O–H groups in total. The van der Waals surface area contributed by atoms with Gasteiger partial charge in [-0.2, -0.15) is 0 Å². The van der Waals surface area contributed by atoms with Crippen LogP contribution in [0.2, 0.25) is 0 Å². The number of pyridine rings is 2. The summed E-state index contributed by atoms with van der Waals surface area (Å²) in [5.74, 6) is -3.29. The second kappa shape index (κ2) is 10.1. The summed E-state index contributed by atoms with van der Waals surface area (Å²) in [5, 5.41) is 4.66. The molecule has 4 rings (SSSR count). The van der Waals surface area contributed by atoms with Crippen LogP contribution in [-0.4, -0.2) is 28.8 Å². The average Bonchev–Trinajstić information content (AvgIpc) is 2.86. The number of nitrogens with zero attached hydrogens (tertiary/aromatic N) is 2. The van der Waals surface area contributed by atoms with Gasteiger partial charge in [0.05, 0.1) is 0 Å². The summed E-state index contributed by atoms with van der Waals surface area (Å²) in [6.07, 6.45) is 2.79. The second-order valence-electron chi connectivity index (χ2n) is 7.57. The number of aromatic nitrogens is 2. The van der Waals surface area contributed by atoms with Gasteiger partial charge in [-0.05, 0) is 36.2 Å². The number of benzene rings is 2. The van der Waals surface area contributed by atoms with Crippen molar-refractivity contribution in [3.63, 3.8) is 0 Å². The molecule has 176 valence electrons. The molecule has 0 fully saturated rings. The normalized spacial score (nSPS) is 10.5. The number of amides is 2. The molecule has 0 unspecified atom stereocenters. The number of aryl methyl sites for hydroxylation is 1. The fourth-order valence-corrected chi connectivity index (χ4v) is 3.25. The highest BCUT2D eigenvalue weighted by Gasteiger charge is 2.18. The first-order valence-corrected chi connectivity index (χ1v) is 10.5. The summed E-state index contributed by atoms with van der Waals surface area (Å²) in [7, 11) is 1.45. The van der Waals surface area contributed by atoms with Gasteiger partial charge in [-0.15, -0.1) is 0 Å².